The molecule has 0 saturated heterocycles. The number of rotatable bonds is 5. The second-order valence-corrected chi connectivity index (χ2v) is 6.05. The molecule has 118 valence electrons. The number of aliphatic hydroxyl groups excluding tert-OH is 1. The molecule has 0 aliphatic rings. The minimum absolute atomic E-state index is 0.155. The van der Waals surface area contributed by atoms with Crippen molar-refractivity contribution in [3.63, 3.8) is 0 Å². The molecule has 1 aromatic carbocycles. The summed E-state index contributed by atoms with van der Waals surface area (Å²) >= 11 is 5.76. The van der Waals surface area contributed by atoms with Crippen LogP contribution in [0.4, 0.5) is 10.2 Å². The van der Waals surface area contributed by atoms with Gasteiger partial charge in [-0.25, -0.2) is 4.39 Å². The van der Waals surface area contributed by atoms with Crippen molar-refractivity contribution in [3.05, 3.63) is 52.4 Å². The van der Waals surface area contributed by atoms with Gasteiger partial charge in [-0.1, -0.05) is 37.6 Å². The van der Waals surface area contributed by atoms with E-state index in [9.17, 15) is 9.50 Å². The molecule has 2 aromatic rings. The van der Waals surface area contributed by atoms with Crippen molar-refractivity contribution in [1.29, 1.82) is 0 Å². The number of hydrogen-bond acceptors (Lipinski definition) is 5. The van der Waals surface area contributed by atoms with Gasteiger partial charge in [0.2, 0.25) is 0 Å². The van der Waals surface area contributed by atoms with Gasteiger partial charge in [0.25, 0.3) is 0 Å². The molecular weight excluding hydrogens is 307 g/mol. The average molecular weight is 325 g/mol. The van der Waals surface area contributed by atoms with E-state index >= 15 is 0 Å². The summed E-state index contributed by atoms with van der Waals surface area (Å²) < 4.78 is 13.0. The van der Waals surface area contributed by atoms with Crippen LogP contribution in [-0.2, 0) is 5.41 Å². The quantitative estimate of drug-likeness (QED) is 0.736. The molecule has 1 atom stereocenters. The average Bonchev–Trinajstić information content (AvgIpc) is 2.46. The van der Waals surface area contributed by atoms with E-state index in [-0.39, 0.29) is 16.4 Å². The first-order valence-corrected chi connectivity index (χ1v) is 7.14. The molecule has 0 bridgehead atoms. The molecule has 1 heterocycles. The van der Waals surface area contributed by atoms with Crippen LogP contribution in [0.5, 0.6) is 0 Å². The SMILES string of the molecule is CC(C)(CNc1nnc(Cl)cc1C(N)O)c1ccc(F)cc1. The Hall–Kier alpha value is -1.76. The lowest BCUT2D eigenvalue weighted by Gasteiger charge is -2.26. The van der Waals surface area contributed by atoms with Crippen molar-refractivity contribution >= 4 is 17.4 Å². The predicted molar refractivity (Wildman–Crippen MR) is 84.1 cm³/mol. The summed E-state index contributed by atoms with van der Waals surface area (Å²) in [5, 5.41) is 20.5. The van der Waals surface area contributed by atoms with Crippen LogP contribution in [0, 0.1) is 5.82 Å². The van der Waals surface area contributed by atoms with Crippen LogP contribution < -0.4 is 11.1 Å². The Bertz CT molecular complexity index is 646. The summed E-state index contributed by atoms with van der Waals surface area (Å²) in [5.41, 5.74) is 6.55. The van der Waals surface area contributed by atoms with Crippen molar-refractivity contribution in [2.24, 2.45) is 5.73 Å². The monoisotopic (exact) mass is 324 g/mol. The fourth-order valence-electron chi connectivity index (χ4n) is 2.05. The van der Waals surface area contributed by atoms with E-state index in [2.05, 4.69) is 15.5 Å². The molecule has 0 aliphatic heterocycles. The molecule has 5 nitrogen and oxygen atoms in total. The minimum Gasteiger partial charge on any atom is -0.374 e. The normalized spacial score (nSPS) is 13.0. The Morgan fingerprint density at radius 1 is 1.32 bits per heavy atom. The highest BCUT2D eigenvalue weighted by Crippen LogP contribution is 2.26. The number of anilines is 1. The summed E-state index contributed by atoms with van der Waals surface area (Å²) in [6.07, 6.45) is -1.20. The highest BCUT2D eigenvalue weighted by molar-refractivity contribution is 6.29. The third-order valence-corrected chi connectivity index (χ3v) is 3.62. The van der Waals surface area contributed by atoms with Gasteiger partial charge < -0.3 is 16.2 Å². The highest BCUT2D eigenvalue weighted by Gasteiger charge is 2.22. The number of nitrogens with zero attached hydrogens (tertiary/aromatic N) is 2. The molecule has 1 aromatic heterocycles. The van der Waals surface area contributed by atoms with Crippen molar-refractivity contribution in [2.45, 2.75) is 25.5 Å². The number of aliphatic hydroxyl groups is 1. The largest absolute Gasteiger partial charge is 0.374 e. The molecule has 2 rings (SSSR count). The van der Waals surface area contributed by atoms with Gasteiger partial charge in [-0.3, -0.25) is 0 Å². The topological polar surface area (TPSA) is 84.1 Å². The number of halogens is 2. The number of benzene rings is 1. The molecule has 22 heavy (non-hydrogen) atoms. The van der Waals surface area contributed by atoms with Gasteiger partial charge in [-0.2, -0.15) is 0 Å². The van der Waals surface area contributed by atoms with Crippen molar-refractivity contribution in [2.75, 3.05) is 11.9 Å². The second kappa shape index (κ2) is 6.56. The van der Waals surface area contributed by atoms with Crippen LogP contribution >= 0.6 is 11.6 Å². The second-order valence-electron chi connectivity index (χ2n) is 5.66. The minimum atomic E-state index is -1.20. The maximum Gasteiger partial charge on any atom is 0.156 e. The standard InChI is InChI=1S/C15H18ClFN4O/c1-15(2,9-3-5-10(17)6-4-9)8-19-14-11(13(18)22)7-12(16)20-21-14/h3-7,13,22H,8,18H2,1-2H3,(H,19,21). The number of nitrogens with one attached hydrogen (secondary N) is 1. The van der Waals surface area contributed by atoms with E-state index in [0.717, 1.165) is 5.56 Å². The first-order valence-electron chi connectivity index (χ1n) is 6.76. The van der Waals surface area contributed by atoms with Crippen LogP contribution in [0.3, 0.4) is 0 Å². The molecule has 0 radical (unpaired) electrons. The predicted octanol–water partition coefficient (Wildman–Crippen LogP) is 2.61. The molecule has 1 unspecified atom stereocenters. The zero-order valence-corrected chi connectivity index (χ0v) is 13.1. The van der Waals surface area contributed by atoms with Gasteiger partial charge in [0.1, 0.15) is 12.0 Å². The summed E-state index contributed by atoms with van der Waals surface area (Å²) in [4.78, 5) is 0. The summed E-state index contributed by atoms with van der Waals surface area (Å²) in [6, 6.07) is 7.79. The molecule has 4 N–H and O–H groups in total. The van der Waals surface area contributed by atoms with Crippen molar-refractivity contribution in [3.8, 4) is 0 Å². The van der Waals surface area contributed by atoms with Gasteiger partial charge in [0, 0.05) is 17.5 Å². The third-order valence-electron chi connectivity index (χ3n) is 3.44. The maximum absolute atomic E-state index is 13.0. The lowest BCUT2D eigenvalue weighted by Crippen LogP contribution is -2.29. The Morgan fingerprint density at radius 2 is 1.95 bits per heavy atom. The Balaban J connectivity index is 2.17. The van der Waals surface area contributed by atoms with E-state index < -0.39 is 6.23 Å². The third kappa shape index (κ3) is 3.91. The van der Waals surface area contributed by atoms with E-state index in [0.29, 0.717) is 17.9 Å². The Kier molecular flexibility index (Phi) is 4.95. The van der Waals surface area contributed by atoms with Crippen LogP contribution in [0.2, 0.25) is 5.15 Å². The van der Waals surface area contributed by atoms with E-state index in [1.165, 1.54) is 18.2 Å². The Labute approximate surface area is 133 Å². The maximum atomic E-state index is 13.0. The van der Waals surface area contributed by atoms with Gasteiger partial charge >= 0.3 is 0 Å². The van der Waals surface area contributed by atoms with Crippen LogP contribution in [0.1, 0.15) is 31.2 Å². The summed E-state index contributed by atoms with van der Waals surface area (Å²) in [7, 11) is 0. The lowest BCUT2D eigenvalue weighted by atomic mass is 9.84. The zero-order chi connectivity index (χ0) is 16.3. The number of hydrogen-bond donors (Lipinski definition) is 3. The molecular formula is C15H18ClFN4O. The molecule has 0 fully saturated rings. The van der Waals surface area contributed by atoms with Gasteiger partial charge in [0.15, 0.2) is 11.0 Å². The first-order chi connectivity index (χ1) is 10.3. The summed E-state index contributed by atoms with van der Waals surface area (Å²) in [6.45, 7) is 4.51. The van der Waals surface area contributed by atoms with Crippen molar-refractivity contribution in [1.82, 2.24) is 10.2 Å². The molecule has 7 heteroatoms. The van der Waals surface area contributed by atoms with E-state index in [4.69, 9.17) is 17.3 Å². The van der Waals surface area contributed by atoms with Crippen LogP contribution in [-0.4, -0.2) is 21.8 Å². The molecule has 0 aliphatic carbocycles. The molecule has 0 spiro atoms. The smallest absolute Gasteiger partial charge is 0.156 e. The molecule has 0 saturated carbocycles. The van der Waals surface area contributed by atoms with Crippen LogP contribution in [0.25, 0.3) is 0 Å². The first kappa shape index (κ1) is 16.6. The van der Waals surface area contributed by atoms with E-state index in [1.807, 2.05) is 13.8 Å². The van der Waals surface area contributed by atoms with E-state index in [1.54, 1.807) is 12.1 Å². The van der Waals surface area contributed by atoms with Crippen LogP contribution in [0.15, 0.2) is 30.3 Å². The number of nitrogens with two attached hydrogens (primary N) is 1. The van der Waals surface area contributed by atoms with Gasteiger partial charge in [-0.05, 0) is 23.8 Å². The Morgan fingerprint density at radius 3 is 2.55 bits per heavy atom. The highest BCUT2D eigenvalue weighted by atomic mass is 35.5. The van der Waals surface area contributed by atoms with Crippen molar-refractivity contribution < 1.29 is 9.50 Å². The van der Waals surface area contributed by atoms with Gasteiger partial charge in [-0.15, -0.1) is 10.2 Å². The van der Waals surface area contributed by atoms with Gasteiger partial charge in [0.05, 0.1) is 0 Å². The summed E-state index contributed by atoms with van der Waals surface area (Å²) in [5.74, 6) is 0.0965. The zero-order valence-electron chi connectivity index (χ0n) is 12.3. The number of aromatic nitrogens is 2. The molecule has 0 amide bonds. The fraction of sp³-hybridized carbons (Fsp3) is 0.333. The fourth-order valence-corrected chi connectivity index (χ4v) is 2.21. The lowest BCUT2D eigenvalue weighted by molar-refractivity contribution is 0.186.